The maximum atomic E-state index is 13.2. The van der Waals surface area contributed by atoms with E-state index in [0.717, 1.165) is 20.7 Å². The molecule has 0 aliphatic carbocycles. The van der Waals surface area contributed by atoms with Crippen LogP contribution in [0.2, 0.25) is 10.0 Å². The minimum atomic E-state index is -0.0839. The second-order valence-electron chi connectivity index (χ2n) is 5.79. The van der Waals surface area contributed by atoms with Crippen molar-refractivity contribution in [3.05, 3.63) is 97.3 Å². The summed E-state index contributed by atoms with van der Waals surface area (Å²) >= 11 is 17.1. The van der Waals surface area contributed by atoms with Crippen molar-refractivity contribution in [1.82, 2.24) is 0 Å². The van der Waals surface area contributed by atoms with Crippen molar-refractivity contribution in [1.29, 1.82) is 0 Å². The van der Waals surface area contributed by atoms with Crippen LogP contribution >= 0.6 is 50.9 Å². The molecule has 0 aliphatic heterocycles. The normalized spacial score (nSPS) is 11.4. The molecule has 0 N–H and O–H groups in total. The lowest BCUT2D eigenvalue weighted by atomic mass is 10.1. The number of halogens is 3. The van der Waals surface area contributed by atoms with Gasteiger partial charge in [0.1, 0.15) is 5.75 Å². The Bertz CT molecular complexity index is 1020. The number of methoxy groups -OCH3 is 1. The van der Waals surface area contributed by atoms with Crippen molar-refractivity contribution in [2.24, 2.45) is 0 Å². The van der Waals surface area contributed by atoms with Crippen LogP contribution in [0.15, 0.2) is 81.0 Å². The van der Waals surface area contributed by atoms with Gasteiger partial charge in [0.15, 0.2) is 5.78 Å². The number of benzene rings is 3. The SMILES string of the molecule is COc1ccc(S/C(=C/c2ccc(Cl)cc2Cl)C(=O)c2ccc(Br)cc2)cc1. The van der Waals surface area contributed by atoms with E-state index in [4.69, 9.17) is 27.9 Å². The van der Waals surface area contributed by atoms with Crippen LogP contribution in [0.4, 0.5) is 0 Å². The van der Waals surface area contributed by atoms with Gasteiger partial charge in [0.25, 0.3) is 0 Å². The van der Waals surface area contributed by atoms with E-state index in [9.17, 15) is 4.79 Å². The fourth-order valence-corrected chi connectivity index (χ4v) is 4.07. The second kappa shape index (κ2) is 9.66. The van der Waals surface area contributed by atoms with Gasteiger partial charge >= 0.3 is 0 Å². The molecule has 0 aromatic heterocycles. The molecule has 3 aromatic carbocycles. The summed E-state index contributed by atoms with van der Waals surface area (Å²) < 4.78 is 6.11. The molecular formula is C22H15BrCl2O2S. The molecule has 0 unspecified atom stereocenters. The first-order valence-electron chi connectivity index (χ1n) is 8.25. The van der Waals surface area contributed by atoms with Gasteiger partial charge in [0.05, 0.1) is 12.0 Å². The standard InChI is InChI=1S/C22H15BrCl2O2S/c1-27-18-8-10-19(11-9-18)28-21(12-15-4-7-17(24)13-20(15)25)22(26)14-2-5-16(23)6-3-14/h2-13H,1H3/b21-12+. The van der Waals surface area contributed by atoms with Gasteiger partial charge < -0.3 is 4.74 Å². The highest BCUT2D eigenvalue weighted by Gasteiger charge is 2.15. The highest BCUT2D eigenvalue weighted by atomic mass is 79.9. The average molecular weight is 494 g/mol. The van der Waals surface area contributed by atoms with Gasteiger partial charge in [0, 0.05) is 25.0 Å². The zero-order valence-electron chi connectivity index (χ0n) is 14.8. The van der Waals surface area contributed by atoms with Crippen molar-refractivity contribution < 1.29 is 9.53 Å². The van der Waals surface area contributed by atoms with Gasteiger partial charge in [-0.2, -0.15) is 0 Å². The fraction of sp³-hybridized carbons (Fsp3) is 0.0455. The summed E-state index contributed by atoms with van der Waals surface area (Å²) in [6.45, 7) is 0. The number of ether oxygens (including phenoxy) is 1. The van der Waals surface area contributed by atoms with Crippen molar-refractivity contribution in [3.8, 4) is 5.75 Å². The minimum absolute atomic E-state index is 0.0839. The highest BCUT2D eigenvalue weighted by molar-refractivity contribution is 9.10. The predicted molar refractivity (Wildman–Crippen MR) is 122 cm³/mol. The molecule has 0 spiro atoms. The first-order valence-corrected chi connectivity index (χ1v) is 10.6. The molecule has 0 heterocycles. The Kier molecular flexibility index (Phi) is 7.24. The number of carbonyl (C=O) groups is 1. The third kappa shape index (κ3) is 5.42. The van der Waals surface area contributed by atoms with Gasteiger partial charge in [-0.1, -0.05) is 57.0 Å². The minimum Gasteiger partial charge on any atom is -0.497 e. The lowest BCUT2D eigenvalue weighted by molar-refractivity contribution is 0.104. The van der Waals surface area contributed by atoms with E-state index in [1.165, 1.54) is 11.8 Å². The maximum absolute atomic E-state index is 13.2. The summed E-state index contributed by atoms with van der Waals surface area (Å²) in [4.78, 5) is 14.6. The zero-order valence-corrected chi connectivity index (χ0v) is 18.7. The van der Waals surface area contributed by atoms with Crippen molar-refractivity contribution in [2.45, 2.75) is 4.90 Å². The molecule has 2 nitrogen and oxygen atoms in total. The van der Waals surface area contributed by atoms with E-state index in [1.54, 1.807) is 43.5 Å². The summed E-state index contributed by atoms with van der Waals surface area (Å²) in [5.41, 5.74) is 1.33. The maximum Gasteiger partial charge on any atom is 0.199 e. The molecule has 0 bridgehead atoms. The van der Waals surface area contributed by atoms with Crippen LogP contribution in [0.3, 0.4) is 0 Å². The number of allylic oxidation sites excluding steroid dienone is 1. The molecule has 3 aromatic rings. The van der Waals surface area contributed by atoms with Crippen molar-refractivity contribution >= 4 is 62.8 Å². The number of carbonyl (C=O) groups excluding carboxylic acids is 1. The molecule has 0 fully saturated rings. The van der Waals surface area contributed by atoms with Gasteiger partial charge in [-0.15, -0.1) is 0 Å². The predicted octanol–water partition coefficient (Wildman–Crippen LogP) is 7.78. The smallest absolute Gasteiger partial charge is 0.199 e. The van der Waals surface area contributed by atoms with Crippen LogP contribution in [0.5, 0.6) is 5.75 Å². The largest absolute Gasteiger partial charge is 0.497 e. The van der Waals surface area contributed by atoms with Crippen LogP contribution in [-0.4, -0.2) is 12.9 Å². The number of hydrogen-bond donors (Lipinski definition) is 0. The Morgan fingerprint density at radius 1 is 1.00 bits per heavy atom. The van der Waals surface area contributed by atoms with Crippen molar-refractivity contribution in [2.75, 3.05) is 7.11 Å². The number of hydrogen-bond acceptors (Lipinski definition) is 3. The molecule has 0 saturated carbocycles. The molecule has 0 atom stereocenters. The lowest BCUT2D eigenvalue weighted by Crippen LogP contribution is -2.01. The third-order valence-corrected chi connectivity index (χ3v) is 5.99. The van der Waals surface area contributed by atoms with Gasteiger partial charge in [-0.05, 0) is 72.3 Å². The van der Waals surface area contributed by atoms with Crippen LogP contribution in [0.25, 0.3) is 6.08 Å². The highest BCUT2D eigenvalue weighted by Crippen LogP contribution is 2.34. The summed E-state index contributed by atoms with van der Waals surface area (Å²) in [6, 6.07) is 20.0. The molecule has 6 heteroatoms. The second-order valence-corrected chi connectivity index (χ2v) is 8.66. The van der Waals surface area contributed by atoms with E-state index < -0.39 is 0 Å². The molecular weight excluding hydrogens is 479 g/mol. The fourth-order valence-electron chi connectivity index (χ4n) is 2.42. The summed E-state index contributed by atoms with van der Waals surface area (Å²) in [5.74, 6) is 0.675. The van der Waals surface area contributed by atoms with Gasteiger partial charge in [0.2, 0.25) is 0 Å². The molecule has 0 saturated heterocycles. The first-order chi connectivity index (χ1) is 13.5. The quantitative estimate of drug-likeness (QED) is 0.199. The summed E-state index contributed by atoms with van der Waals surface area (Å²) in [6.07, 6.45) is 1.79. The van der Waals surface area contributed by atoms with Crippen LogP contribution < -0.4 is 4.74 Å². The molecule has 0 radical (unpaired) electrons. The zero-order chi connectivity index (χ0) is 20.1. The Balaban J connectivity index is 2.00. The molecule has 28 heavy (non-hydrogen) atoms. The number of Topliss-reactive ketones (excluding diaryl/α,β-unsaturated/α-hetero) is 1. The van der Waals surface area contributed by atoms with Gasteiger partial charge in [-0.3, -0.25) is 4.79 Å². The molecule has 142 valence electrons. The number of ketones is 1. The van der Waals surface area contributed by atoms with Crippen LogP contribution in [0, 0.1) is 0 Å². The Labute approximate surface area is 186 Å². The molecule has 0 amide bonds. The summed E-state index contributed by atoms with van der Waals surface area (Å²) in [5, 5.41) is 1.04. The Morgan fingerprint density at radius 3 is 2.29 bits per heavy atom. The number of rotatable bonds is 6. The summed E-state index contributed by atoms with van der Waals surface area (Å²) in [7, 11) is 1.62. The van der Waals surface area contributed by atoms with Crippen LogP contribution in [-0.2, 0) is 0 Å². The van der Waals surface area contributed by atoms with Gasteiger partial charge in [-0.25, -0.2) is 0 Å². The van der Waals surface area contributed by atoms with E-state index in [0.29, 0.717) is 20.5 Å². The van der Waals surface area contributed by atoms with E-state index >= 15 is 0 Å². The van der Waals surface area contributed by atoms with Crippen molar-refractivity contribution in [3.63, 3.8) is 0 Å². The van der Waals surface area contributed by atoms with E-state index in [1.807, 2.05) is 36.4 Å². The van der Waals surface area contributed by atoms with E-state index in [2.05, 4.69) is 15.9 Å². The van der Waals surface area contributed by atoms with Crippen LogP contribution in [0.1, 0.15) is 15.9 Å². The Hall–Kier alpha value is -1.72. The average Bonchev–Trinajstić information content (AvgIpc) is 2.70. The Morgan fingerprint density at radius 2 is 1.68 bits per heavy atom. The first kappa shape index (κ1) is 21.0. The topological polar surface area (TPSA) is 26.3 Å². The lowest BCUT2D eigenvalue weighted by Gasteiger charge is -2.09. The van der Waals surface area contributed by atoms with E-state index in [-0.39, 0.29) is 5.78 Å². The monoisotopic (exact) mass is 492 g/mol. The number of thioether (sulfide) groups is 1. The molecule has 3 rings (SSSR count). The third-order valence-electron chi connectivity index (χ3n) is 3.87. The molecule has 0 aliphatic rings.